The molecule has 25 heavy (non-hydrogen) atoms. The van der Waals surface area contributed by atoms with Crippen LogP contribution in [-0.2, 0) is 4.74 Å². The van der Waals surface area contributed by atoms with Crippen molar-refractivity contribution in [3.8, 4) is 6.07 Å². The zero-order chi connectivity index (χ0) is 17.6. The summed E-state index contributed by atoms with van der Waals surface area (Å²) in [5.41, 5.74) is 8.45. The Hall–Kier alpha value is -2.69. The molecule has 0 bridgehead atoms. The predicted octanol–water partition coefficient (Wildman–Crippen LogP) is 2.17. The van der Waals surface area contributed by atoms with Crippen LogP contribution >= 0.6 is 0 Å². The first-order valence-corrected chi connectivity index (χ1v) is 8.39. The van der Waals surface area contributed by atoms with Crippen LogP contribution in [0.3, 0.4) is 0 Å². The summed E-state index contributed by atoms with van der Waals surface area (Å²) < 4.78 is 4.57. The lowest BCUT2D eigenvalue weighted by atomic mass is 10.1. The second-order valence-electron chi connectivity index (χ2n) is 5.88. The topological polar surface area (TPSA) is 104 Å². The van der Waals surface area contributed by atoms with Crippen LogP contribution in [0, 0.1) is 11.3 Å². The van der Waals surface area contributed by atoms with Crippen LogP contribution in [-0.4, -0.2) is 48.3 Å². The molecule has 4 heterocycles. The summed E-state index contributed by atoms with van der Waals surface area (Å²) in [6, 6.07) is 6.01. The molecule has 130 valence electrons. The van der Waals surface area contributed by atoms with Crippen molar-refractivity contribution in [2.24, 2.45) is 5.73 Å². The standard InChI is InChI=1S/C15H13N5.C3H9NO/c16-8-10-7-11-12(9-18-10)19-15-14(11)13(3-4-17-15)20-5-1-2-6-20;1-5-3-2-4/h3-4,7,9H,1-2,5-6H2,(H,17,19);2-4H2,1H3. The van der Waals surface area contributed by atoms with Gasteiger partial charge in [0.2, 0.25) is 0 Å². The van der Waals surface area contributed by atoms with E-state index in [9.17, 15) is 0 Å². The van der Waals surface area contributed by atoms with Crippen LogP contribution in [0.25, 0.3) is 21.9 Å². The fraction of sp³-hybridized carbons (Fsp3) is 0.389. The molecule has 1 aliphatic heterocycles. The Bertz CT molecular complexity index is 890. The number of H-pyrrole nitrogens is 1. The first-order chi connectivity index (χ1) is 12.3. The molecule has 7 nitrogen and oxygen atoms in total. The van der Waals surface area contributed by atoms with Gasteiger partial charge in [0.25, 0.3) is 0 Å². The van der Waals surface area contributed by atoms with Gasteiger partial charge in [0.15, 0.2) is 0 Å². The molecule has 7 heteroatoms. The first kappa shape index (κ1) is 17.1. The van der Waals surface area contributed by atoms with E-state index in [4.69, 9.17) is 11.0 Å². The summed E-state index contributed by atoms with van der Waals surface area (Å²) in [4.78, 5) is 14.2. The van der Waals surface area contributed by atoms with E-state index in [-0.39, 0.29) is 0 Å². The van der Waals surface area contributed by atoms with Crippen LogP contribution in [0.2, 0.25) is 0 Å². The summed E-state index contributed by atoms with van der Waals surface area (Å²) in [6.45, 7) is 3.46. The van der Waals surface area contributed by atoms with Crippen LogP contribution in [0.15, 0.2) is 24.5 Å². The van der Waals surface area contributed by atoms with Crippen molar-refractivity contribution < 1.29 is 4.74 Å². The summed E-state index contributed by atoms with van der Waals surface area (Å²) >= 11 is 0. The molecule has 0 aromatic carbocycles. The first-order valence-electron chi connectivity index (χ1n) is 8.39. The van der Waals surface area contributed by atoms with Crippen molar-refractivity contribution in [1.82, 2.24) is 15.0 Å². The van der Waals surface area contributed by atoms with Gasteiger partial charge in [-0.05, 0) is 25.0 Å². The average Bonchev–Trinajstić information content (AvgIpc) is 3.30. The van der Waals surface area contributed by atoms with Crippen molar-refractivity contribution in [3.63, 3.8) is 0 Å². The molecule has 0 aliphatic carbocycles. The zero-order valence-electron chi connectivity index (χ0n) is 14.3. The van der Waals surface area contributed by atoms with Gasteiger partial charge in [0.1, 0.15) is 17.4 Å². The Morgan fingerprint density at radius 2 is 2.16 bits per heavy atom. The minimum absolute atomic E-state index is 0.439. The van der Waals surface area contributed by atoms with E-state index in [1.165, 1.54) is 18.5 Å². The minimum atomic E-state index is 0.439. The van der Waals surface area contributed by atoms with E-state index >= 15 is 0 Å². The number of anilines is 1. The van der Waals surface area contributed by atoms with Crippen LogP contribution in [0.5, 0.6) is 0 Å². The highest BCUT2D eigenvalue weighted by Gasteiger charge is 2.18. The van der Waals surface area contributed by atoms with Crippen LogP contribution < -0.4 is 10.6 Å². The van der Waals surface area contributed by atoms with Gasteiger partial charge in [-0.15, -0.1) is 0 Å². The van der Waals surface area contributed by atoms with E-state index in [1.807, 2.05) is 12.3 Å². The Kier molecular flexibility index (Phi) is 5.43. The molecule has 1 aliphatic rings. The molecule has 0 saturated carbocycles. The number of hydrogen-bond acceptors (Lipinski definition) is 6. The number of aromatic nitrogens is 3. The monoisotopic (exact) mass is 338 g/mol. The zero-order valence-corrected chi connectivity index (χ0v) is 14.3. The van der Waals surface area contributed by atoms with Gasteiger partial charge in [-0.3, -0.25) is 0 Å². The Balaban J connectivity index is 0.000000324. The molecule has 0 atom stereocenters. The number of methoxy groups -OCH3 is 1. The van der Waals surface area contributed by atoms with Crippen LogP contribution in [0.4, 0.5) is 5.69 Å². The lowest BCUT2D eigenvalue weighted by molar-refractivity contribution is 0.207. The maximum absolute atomic E-state index is 9.04. The van der Waals surface area contributed by atoms with Gasteiger partial charge in [0.05, 0.1) is 23.7 Å². The van der Waals surface area contributed by atoms with E-state index in [0.29, 0.717) is 18.8 Å². The number of rotatable bonds is 3. The van der Waals surface area contributed by atoms with Crippen molar-refractivity contribution in [2.45, 2.75) is 12.8 Å². The molecule has 3 aromatic rings. The molecule has 0 unspecified atom stereocenters. The predicted molar refractivity (Wildman–Crippen MR) is 98.5 cm³/mol. The number of nitrogens with one attached hydrogen (secondary N) is 1. The quantitative estimate of drug-likeness (QED) is 0.758. The highest BCUT2D eigenvalue weighted by molar-refractivity contribution is 6.12. The molecule has 1 fully saturated rings. The number of nitriles is 1. The van der Waals surface area contributed by atoms with Gasteiger partial charge in [-0.2, -0.15) is 5.26 Å². The lowest BCUT2D eigenvalue weighted by Gasteiger charge is -2.18. The minimum Gasteiger partial charge on any atom is -0.383 e. The second-order valence-corrected chi connectivity index (χ2v) is 5.88. The third kappa shape index (κ3) is 3.55. The van der Waals surface area contributed by atoms with Crippen molar-refractivity contribution in [2.75, 3.05) is 38.3 Å². The number of pyridine rings is 2. The van der Waals surface area contributed by atoms with Gasteiger partial charge < -0.3 is 20.4 Å². The molecular weight excluding hydrogens is 316 g/mol. The third-order valence-corrected chi connectivity index (χ3v) is 4.24. The average molecular weight is 338 g/mol. The summed E-state index contributed by atoms with van der Waals surface area (Å²) in [5, 5.41) is 11.2. The number of ether oxygens (including phenoxy) is 1. The van der Waals surface area contributed by atoms with E-state index in [0.717, 1.165) is 35.0 Å². The molecule has 1 saturated heterocycles. The molecular formula is C18H22N6O. The second kappa shape index (κ2) is 7.92. The molecule has 3 N–H and O–H groups in total. The van der Waals surface area contributed by atoms with Gasteiger partial charge in [0, 0.05) is 44.0 Å². The summed E-state index contributed by atoms with van der Waals surface area (Å²) in [5.74, 6) is 0. The number of aromatic amines is 1. The highest BCUT2D eigenvalue weighted by atomic mass is 16.5. The molecule has 0 radical (unpaired) electrons. The smallest absolute Gasteiger partial charge is 0.141 e. The molecule has 0 amide bonds. The van der Waals surface area contributed by atoms with Crippen LogP contribution in [0.1, 0.15) is 18.5 Å². The lowest BCUT2D eigenvalue weighted by Crippen LogP contribution is -2.17. The van der Waals surface area contributed by atoms with E-state index in [1.54, 1.807) is 13.3 Å². The van der Waals surface area contributed by atoms with E-state index < -0.39 is 0 Å². The van der Waals surface area contributed by atoms with Gasteiger partial charge >= 0.3 is 0 Å². The SMILES string of the molecule is COCCN.N#Cc1cc2c(cn1)[nH]c1nccc(N3CCCC3)c12. The Labute approximate surface area is 146 Å². The fourth-order valence-electron chi connectivity index (χ4n) is 3.10. The molecule has 0 spiro atoms. The van der Waals surface area contributed by atoms with Gasteiger partial charge in [-0.1, -0.05) is 0 Å². The molecule has 3 aromatic heterocycles. The number of nitrogens with two attached hydrogens (primary N) is 1. The number of nitrogens with zero attached hydrogens (tertiary/aromatic N) is 4. The number of fused-ring (bicyclic) bond motifs is 3. The summed E-state index contributed by atoms with van der Waals surface area (Å²) in [7, 11) is 1.63. The van der Waals surface area contributed by atoms with Gasteiger partial charge in [-0.25, -0.2) is 9.97 Å². The largest absolute Gasteiger partial charge is 0.383 e. The maximum atomic E-state index is 9.04. The maximum Gasteiger partial charge on any atom is 0.141 e. The van der Waals surface area contributed by atoms with Crippen molar-refractivity contribution >= 4 is 27.6 Å². The van der Waals surface area contributed by atoms with Crippen molar-refractivity contribution in [3.05, 3.63) is 30.2 Å². The molecule has 4 rings (SSSR count). The normalized spacial score (nSPS) is 13.7. The number of hydrogen-bond donors (Lipinski definition) is 2. The summed E-state index contributed by atoms with van der Waals surface area (Å²) in [6.07, 6.45) is 6.02. The third-order valence-electron chi connectivity index (χ3n) is 4.24. The Morgan fingerprint density at radius 1 is 1.36 bits per heavy atom. The van der Waals surface area contributed by atoms with E-state index in [2.05, 4.69) is 36.7 Å². The van der Waals surface area contributed by atoms with Crippen molar-refractivity contribution in [1.29, 1.82) is 5.26 Å². The Morgan fingerprint density at radius 3 is 2.80 bits per heavy atom. The fourth-order valence-corrected chi connectivity index (χ4v) is 3.10. The highest BCUT2D eigenvalue weighted by Crippen LogP contribution is 2.34.